The minimum Gasteiger partial charge on any atom is -0.329 e. The number of fused-ring (bicyclic) bond motifs is 1. The van der Waals surface area contributed by atoms with E-state index in [9.17, 15) is 8.78 Å². The summed E-state index contributed by atoms with van der Waals surface area (Å²) < 4.78 is 24.6. The fourth-order valence-corrected chi connectivity index (χ4v) is 2.49. The van der Waals surface area contributed by atoms with E-state index in [-0.39, 0.29) is 12.1 Å². The maximum absolute atomic E-state index is 12.3. The van der Waals surface area contributed by atoms with Gasteiger partial charge in [0.05, 0.1) is 6.54 Å². The summed E-state index contributed by atoms with van der Waals surface area (Å²) in [6.45, 7) is 0.118. The van der Waals surface area contributed by atoms with Crippen LogP contribution in [0.25, 0.3) is 0 Å². The van der Waals surface area contributed by atoms with Crippen LogP contribution in [-0.2, 0) is 12.8 Å². The molecular weight excluding hydrogens is 222 g/mol. The number of benzene rings is 1. The summed E-state index contributed by atoms with van der Waals surface area (Å²) in [5.74, 6) is 0. The molecule has 1 aliphatic rings. The van der Waals surface area contributed by atoms with Gasteiger partial charge in [0.15, 0.2) is 0 Å². The fourth-order valence-electron chi connectivity index (χ4n) is 2.49. The molecule has 0 aliphatic heterocycles. The van der Waals surface area contributed by atoms with E-state index in [0.29, 0.717) is 6.54 Å². The number of hydrogen-bond donors (Lipinski definition) is 2. The molecule has 3 N–H and O–H groups in total. The zero-order valence-electron chi connectivity index (χ0n) is 9.76. The quantitative estimate of drug-likeness (QED) is 0.841. The molecular formula is C13H18F2N2. The summed E-state index contributed by atoms with van der Waals surface area (Å²) in [4.78, 5) is 0. The molecule has 1 atom stereocenters. The second-order valence-corrected chi connectivity index (χ2v) is 4.70. The third-order valence-corrected chi connectivity index (χ3v) is 3.54. The van der Waals surface area contributed by atoms with Crippen molar-refractivity contribution in [2.45, 2.75) is 31.2 Å². The summed E-state index contributed by atoms with van der Waals surface area (Å²) in [6.07, 6.45) is 0.152. The van der Waals surface area contributed by atoms with E-state index < -0.39 is 6.43 Å². The van der Waals surface area contributed by atoms with E-state index in [0.717, 1.165) is 19.3 Å². The van der Waals surface area contributed by atoms with Crippen molar-refractivity contribution in [3.63, 3.8) is 0 Å². The van der Waals surface area contributed by atoms with Gasteiger partial charge in [-0.1, -0.05) is 24.3 Å². The van der Waals surface area contributed by atoms with Crippen LogP contribution in [0.2, 0.25) is 0 Å². The molecule has 2 nitrogen and oxygen atoms in total. The number of nitrogens with two attached hydrogens (primary N) is 1. The lowest BCUT2D eigenvalue weighted by Crippen LogP contribution is -2.56. The normalized spacial score (nSPS) is 23.8. The maximum Gasteiger partial charge on any atom is 0.250 e. The van der Waals surface area contributed by atoms with Crippen LogP contribution in [-0.4, -0.2) is 25.1 Å². The molecule has 0 saturated heterocycles. The summed E-state index contributed by atoms with van der Waals surface area (Å²) in [7, 11) is 0. The largest absolute Gasteiger partial charge is 0.329 e. The average molecular weight is 240 g/mol. The Kier molecular flexibility index (Phi) is 3.74. The van der Waals surface area contributed by atoms with Crippen molar-refractivity contribution in [2.75, 3.05) is 13.1 Å². The molecule has 0 aromatic heterocycles. The van der Waals surface area contributed by atoms with Crippen molar-refractivity contribution < 1.29 is 8.78 Å². The number of hydrogen-bond acceptors (Lipinski definition) is 2. The van der Waals surface area contributed by atoms with Crippen LogP contribution >= 0.6 is 0 Å². The first-order valence-corrected chi connectivity index (χ1v) is 5.95. The van der Waals surface area contributed by atoms with Crippen molar-refractivity contribution in [1.82, 2.24) is 5.32 Å². The highest BCUT2D eigenvalue weighted by Gasteiger charge is 2.33. The predicted octanol–water partition coefficient (Wildman–Crippen LogP) is 1.73. The molecule has 4 heteroatoms. The van der Waals surface area contributed by atoms with Gasteiger partial charge in [0.2, 0.25) is 0 Å². The topological polar surface area (TPSA) is 38.0 Å². The molecule has 1 aromatic rings. The highest BCUT2D eigenvalue weighted by molar-refractivity contribution is 5.32. The lowest BCUT2D eigenvalue weighted by molar-refractivity contribution is 0.126. The number of aryl methyl sites for hydroxylation is 1. The van der Waals surface area contributed by atoms with Crippen LogP contribution in [0, 0.1) is 0 Å². The molecule has 94 valence electrons. The molecule has 1 aromatic carbocycles. The molecule has 0 amide bonds. The van der Waals surface area contributed by atoms with Gasteiger partial charge in [-0.15, -0.1) is 0 Å². The van der Waals surface area contributed by atoms with Crippen molar-refractivity contribution in [2.24, 2.45) is 5.73 Å². The number of halogens is 2. The van der Waals surface area contributed by atoms with Gasteiger partial charge in [-0.3, -0.25) is 0 Å². The van der Waals surface area contributed by atoms with E-state index >= 15 is 0 Å². The van der Waals surface area contributed by atoms with E-state index in [1.54, 1.807) is 0 Å². The summed E-state index contributed by atoms with van der Waals surface area (Å²) >= 11 is 0. The van der Waals surface area contributed by atoms with E-state index in [4.69, 9.17) is 5.73 Å². The smallest absolute Gasteiger partial charge is 0.250 e. The van der Waals surface area contributed by atoms with Crippen LogP contribution in [0.15, 0.2) is 24.3 Å². The second kappa shape index (κ2) is 5.10. The molecule has 0 heterocycles. The Morgan fingerprint density at radius 2 is 2.00 bits per heavy atom. The molecule has 0 radical (unpaired) electrons. The average Bonchev–Trinajstić information content (AvgIpc) is 2.36. The van der Waals surface area contributed by atoms with Gasteiger partial charge in [0, 0.05) is 12.1 Å². The molecule has 1 unspecified atom stereocenters. The maximum atomic E-state index is 12.3. The molecule has 2 rings (SSSR count). The molecule has 0 fully saturated rings. The van der Waals surface area contributed by atoms with Gasteiger partial charge in [-0.2, -0.15) is 0 Å². The van der Waals surface area contributed by atoms with Gasteiger partial charge in [-0.05, 0) is 30.4 Å². The van der Waals surface area contributed by atoms with Gasteiger partial charge < -0.3 is 11.1 Å². The third-order valence-electron chi connectivity index (χ3n) is 3.54. The summed E-state index contributed by atoms with van der Waals surface area (Å²) in [5, 5.41) is 2.95. The number of rotatable bonds is 4. The Labute approximate surface area is 100 Å². The minimum absolute atomic E-state index is 0.278. The number of alkyl halides is 2. The SMILES string of the molecule is NCC1(NCC(F)F)CCc2ccccc2C1. The zero-order valence-corrected chi connectivity index (χ0v) is 9.76. The standard InChI is InChI=1S/C13H18F2N2/c14-12(15)8-17-13(9-16)6-5-10-3-1-2-4-11(10)7-13/h1-4,12,17H,5-9,16H2. The van der Waals surface area contributed by atoms with Crippen molar-refractivity contribution in [3.05, 3.63) is 35.4 Å². The van der Waals surface area contributed by atoms with Gasteiger partial charge in [0.1, 0.15) is 0 Å². The molecule has 1 aliphatic carbocycles. The molecule has 0 bridgehead atoms. The fraction of sp³-hybridized carbons (Fsp3) is 0.538. The van der Waals surface area contributed by atoms with Gasteiger partial charge in [0.25, 0.3) is 6.43 Å². The van der Waals surface area contributed by atoms with Crippen LogP contribution < -0.4 is 11.1 Å². The number of nitrogens with one attached hydrogen (secondary N) is 1. The summed E-state index contributed by atoms with van der Waals surface area (Å²) in [6, 6.07) is 8.16. The van der Waals surface area contributed by atoms with Crippen LogP contribution in [0.1, 0.15) is 17.5 Å². The van der Waals surface area contributed by atoms with E-state index in [1.165, 1.54) is 11.1 Å². The molecule has 17 heavy (non-hydrogen) atoms. The molecule has 0 saturated carbocycles. The van der Waals surface area contributed by atoms with Gasteiger partial charge >= 0.3 is 0 Å². The van der Waals surface area contributed by atoms with Crippen molar-refractivity contribution >= 4 is 0 Å². The first kappa shape index (κ1) is 12.5. The summed E-state index contributed by atoms with van der Waals surface area (Å²) in [5.41, 5.74) is 7.96. The Morgan fingerprint density at radius 1 is 1.29 bits per heavy atom. The predicted molar refractivity (Wildman–Crippen MR) is 64.3 cm³/mol. The van der Waals surface area contributed by atoms with Gasteiger partial charge in [-0.25, -0.2) is 8.78 Å². The first-order valence-electron chi connectivity index (χ1n) is 5.95. The molecule has 0 spiro atoms. The highest BCUT2D eigenvalue weighted by atomic mass is 19.3. The Hall–Kier alpha value is -1.00. The Bertz CT molecular complexity index is 381. The zero-order chi connectivity index (χ0) is 12.3. The first-order chi connectivity index (χ1) is 8.15. The van der Waals surface area contributed by atoms with E-state index in [1.807, 2.05) is 12.1 Å². The van der Waals surface area contributed by atoms with E-state index in [2.05, 4.69) is 17.4 Å². The highest BCUT2D eigenvalue weighted by Crippen LogP contribution is 2.28. The van der Waals surface area contributed by atoms with Crippen LogP contribution in [0.4, 0.5) is 8.78 Å². The van der Waals surface area contributed by atoms with Crippen molar-refractivity contribution in [3.8, 4) is 0 Å². The lowest BCUT2D eigenvalue weighted by atomic mass is 9.78. The second-order valence-electron chi connectivity index (χ2n) is 4.70. The Morgan fingerprint density at radius 3 is 2.65 bits per heavy atom. The monoisotopic (exact) mass is 240 g/mol. The third kappa shape index (κ3) is 2.82. The van der Waals surface area contributed by atoms with Crippen molar-refractivity contribution in [1.29, 1.82) is 0 Å². The van der Waals surface area contributed by atoms with Crippen LogP contribution in [0.3, 0.4) is 0 Å². The lowest BCUT2D eigenvalue weighted by Gasteiger charge is -2.38. The minimum atomic E-state index is -2.32. The van der Waals surface area contributed by atoms with Crippen LogP contribution in [0.5, 0.6) is 0 Å². The Balaban J connectivity index is 2.11.